The van der Waals surface area contributed by atoms with E-state index >= 15 is 0 Å². The lowest BCUT2D eigenvalue weighted by Gasteiger charge is -2.19. The van der Waals surface area contributed by atoms with Crippen LogP contribution in [-0.4, -0.2) is 46.2 Å². The van der Waals surface area contributed by atoms with Crippen LogP contribution in [0.3, 0.4) is 0 Å². The minimum atomic E-state index is -1.27. The number of imide groups is 1. The molecule has 1 saturated heterocycles. The highest BCUT2D eigenvalue weighted by atomic mass is 16.6. The van der Waals surface area contributed by atoms with Gasteiger partial charge >= 0.3 is 5.97 Å². The quantitative estimate of drug-likeness (QED) is 0.330. The van der Waals surface area contributed by atoms with E-state index < -0.39 is 29.4 Å². The van der Waals surface area contributed by atoms with Crippen LogP contribution in [0.5, 0.6) is 0 Å². The molecule has 1 heterocycles. The second-order valence-corrected chi connectivity index (χ2v) is 7.16. The molecular weight excluding hydrogens is 382 g/mol. The van der Waals surface area contributed by atoms with Gasteiger partial charge in [0.1, 0.15) is 12.2 Å². The smallest absolute Gasteiger partial charge is 0.326 e. The highest BCUT2D eigenvalue weighted by Gasteiger charge is 2.48. The van der Waals surface area contributed by atoms with Gasteiger partial charge in [0.2, 0.25) is 11.8 Å². The van der Waals surface area contributed by atoms with Crippen LogP contribution < -0.4 is 5.32 Å². The Hall–Kier alpha value is -3.30. The molecule has 1 aliphatic carbocycles. The molecule has 2 fully saturated rings. The molecule has 0 spiro atoms. The fourth-order valence-corrected chi connectivity index (χ4v) is 3.78. The number of hydrogen-bond donors (Lipinski definition) is 1. The van der Waals surface area contributed by atoms with E-state index in [9.17, 15) is 29.3 Å². The van der Waals surface area contributed by atoms with Gasteiger partial charge in [-0.1, -0.05) is 25.0 Å². The number of esters is 1. The molecule has 0 radical (unpaired) electrons. The summed E-state index contributed by atoms with van der Waals surface area (Å²) >= 11 is 0. The summed E-state index contributed by atoms with van der Waals surface area (Å²) in [7, 11) is 0. The fraction of sp³-hybridized carbons (Fsp3) is 0.474. The van der Waals surface area contributed by atoms with Crippen molar-refractivity contribution in [1.29, 1.82) is 0 Å². The summed E-state index contributed by atoms with van der Waals surface area (Å²) < 4.78 is 5.03. The molecule has 10 nitrogen and oxygen atoms in total. The van der Waals surface area contributed by atoms with E-state index in [0.717, 1.165) is 17.7 Å². The molecule has 1 aromatic rings. The average Bonchev–Trinajstić information content (AvgIpc) is 2.93. The maximum Gasteiger partial charge on any atom is 0.326 e. The molecule has 0 aromatic heterocycles. The normalized spacial score (nSPS) is 22.0. The van der Waals surface area contributed by atoms with Crippen molar-refractivity contribution < 1.29 is 28.8 Å². The van der Waals surface area contributed by atoms with Gasteiger partial charge in [0.15, 0.2) is 6.10 Å². The van der Waals surface area contributed by atoms with Gasteiger partial charge in [0, 0.05) is 6.07 Å². The molecule has 1 N–H and O–H groups in total. The first-order valence-corrected chi connectivity index (χ1v) is 9.38. The van der Waals surface area contributed by atoms with Gasteiger partial charge in [0.05, 0.1) is 16.8 Å². The van der Waals surface area contributed by atoms with E-state index in [2.05, 4.69) is 5.32 Å². The molecule has 3 amide bonds. The number of nitrogens with one attached hydrogen (secondary N) is 1. The molecule has 1 aliphatic heterocycles. The van der Waals surface area contributed by atoms with Gasteiger partial charge in [-0.15, -0.1) is 0 Å². The lowest BCUT2D eigenvalue weighted by Crippen LogP contribution is -2.39. The predicted octanol–water partition coefficient (Wildman–Crippen LogP) is 1.64. The van der Waals surface area contributed by atoms with Crippen LogP contribution in [0.2, 0.25) is 0 Å². The minimum absolute atomic E-state index is 0.0284. The van der Waals surface area contributed by atoms with Crippen LogP contribution in [-0.2, 0) is 23.9 Å². The number of ether oxygens (including phenoxy) is 1. The van der Waals surface area contributed by atoms with Crippen LogP contribution >= 0.6 is 0 Å². The maximum atomic E-state index is 12.4. The van der Waals surface area contributed by atoms with Crippen molar-refractivity contribution in [3.05, 3.63) is 34.4 Å². The second kappa shape index (κ2) is 8.38. The molecule has 29 heavy (non-hydrogen) atoms. The number of anilines is 1. The topological polar surface area (TPSA) is 136 Å². The Kier molecular flexibility index (Phi) is 5.90. The highest BCUT2D eigenvalue weighted by molar-refractivity contribution is 6.07. The molecule has 2 aliphatic rings. The SMILES string of the molecule is C[C@@H](OC(=O)CN1C(=O)[C@H]2CCCC[C@H]2C1=O)C(=O)Nc1ccccc1[N+](=O)[O-]. The van der Waals surface area contributed by atoms with Crippen molar-refractivity contribution in [2.24, 2.45) is 11.8 Å². The third-order valence-electron chi connectivity index (χ3n) is 5.26. The van der Waals surface area contributed by atoms with Crippen LogP contribution in [0.4, 0.5) is 11.4 Å². The summed E-state index contributed by atoms with van der Waals surface area (Å²) in [5.74, 6) is -3.13. The summed E-state index contributed by atoms with van der Waals surface area (Å²) in [5.41, 5.74) is -0.324. The maximum absolute atomic E-state index is 12.4. The van der Waals surface area contributed by atoms with E-state index in [1.807, 2.05) is 0 Å². The van der Waals surface area contributed by atoms with E-state index in [1.54, 1.807) is 0 Å². The molecule has 1 aromatic carbocycles. The number of nitrogens with zero attached hydrogens (tertiary/aromatic N) is 2. The Balaban J connectivity index is 1.58. The van der Waals surface area contributed by atoms with Crippen LogP contribution in [0.25, 0.3) is 0 Å². The largest absolute Gasteiger partial charge is 0.451 e. The molecule has 3 atom stereocenters. The number of likely N-dealkylation sites (tertiary alicyclic amines) is 1. The molecule has 1 saturated carbocycles. The molecule has 10 heteroatoms. The molecule has 0 bridgehead atoms. The Morgan fingerprint density at radius 3 is 2.38 bits per heavy atom. The lowest BCUT2D eigenvalue weighted by molar-refractivity contribution is -0.383. The monoisotopic (exact) mass is 403 g/mol. The Morgan fingerprint density at radius 1 is 1.21 bits per heavy atom. The zero-order valence-electron chi connectivity index (χ0n) is 15.8. The van der Waals surface area contributed by atoms with E-state index in [-0.39, 0.29) is 35.0 Å². The highest BCUT2D eigenvalue weighted by Crippen LogP contribution is 2.37. The summed E-state index contributed by atoms with van der Waals surface area (Å²) in [4.78, 5) is 60.5. The molecule has 0 unspecified atom stereocenters. The Labute approximate surface area is 166 Å². The minimum Gasteiger partial charge on any atom is -0.451 e. The van der Waals surface area contributed by atoms with Gasteiger partial charge in [-0.25, -0.2) is 0 Å². The lowest BCUT2D eigenvalue weighted by atomic mass is 9.81. The first-order valence-electron chi connectivity index (χ1n) is 9.38. The van der Waals surface area contributed by atoms with Crippen molar-refractivity contribution in [2.45, 2.75) is 38.7 Å². The number of fused-ring (bicyclic) bond motifs is 1. The summed E-state index contributed by atoms with van der Waals surface area (Å²) in [6, 6.07) is 5.56. The number of carbonyl (C=O) groups excluding carboxylic acids is 4. The van der Waals surface area contributed by atoms with Crippen LogP contribution in [0.1, 0.15) is 32.6 Å². The van der Waals surface area contributed by atoms with E-state index in [4.69, 9.17) is 4.74 Å². The van der Waals surface area contributed by atoms with E-state index in [0.29, 0.717) is 12.8 Å². The molecule has 3 rings (SSSR count). The number of amides is 3. The van der Waals surface area contributed by atoms with Crippen molar-refractivity contribution in [2.75, 3.05) is 11.9 Å². The third-order valence-corrected chi connectivity index (χ3v) is 5.26. The van der Waals surface area contributed by atoms with Gasteiger partial charge in [0.25, 0.3) is 11.6 Å². The molecular formula is C19H21N3O7. The zero-order chi connectivity index (χ0) is 21.1. The summed E-state index contributed by atoms with van der Waals surface area (Å²) in [6.07, 6.45) is 1.76. The average molecular weight is 403 g/mol. The molecule has 154 valence electrons. The van der Waals surface area contributed by atoms with Crippen molar-refractivity contribution in [3.8, 4) is 0 Å². The number of hydrogen-bond acceptors (Lipinski definition) is 7. The van der Waals surface area contributed by atoms with E-state index in [1.165, 1.54) is 31.2 Å². The second-order valence-electron chi connectivity index (χ2n) is 7.16. The first-order chi connectivity index (χ1) is 13.8. The zero-order valence-corrected chi connectivity index (χ0v) is 15.8. The number of rotatable bonds is 6. The van der Waals surface area contributed by atoms with Gasteiger partial charge in [-0.2, -0.15) is 0 Å². The standard InChI is InChI=1S/C19H21N3O7/c1-11(17(24)20-14-8-4-5-9-15(14)22(27)28)29-16(23)10-21-18(25)12-6-2-3-7-13(12)19(21)26/h4-5,8-9,11-13H,2-3,6-7,10H2,1H3,(H,20,24)/t11-,12-,13+/m1/s1. The Bertz CT molecular complexity index is 845. The number of nitro benzene ring substituents is 1. The van der Waals surface area contributed by atoms with Crippen molar-refractivity contribution in [1.82, 2.24) is 4.90 Å². The van der Waals surface area contributed by atoms with Gasteiger partial charge in [-0.05, 0) is 25.8 Å². The summed E-state index contributed by atoms with van der Waals surface area (Å²) in [6.45, 7) is 0.753. The summed E-state index contributed by atoms with van der Waals surface area (Å²) in [5, 5.41) is 13.4. The third kappa shape index (κ3) is 4.25. The van der Waals surface area contributed by atoms with Crippen LogP contribution in [0, 0.1) is 22.0 Å². The number of carbonyl (C=O) groups is 4. The number of nitro groups is 1. The van der Waals surface area contributed by atoms with Crippen molar-refractivity contribution in [3.63, 3.8) is 0 Å². The number of para-hydroxylation sites is 2. The fourth-order valence-electron chi connectivity index (χ4n) is 3.78. The van der Waals surface area contributed by atoms with Crippen LogP contribution in [0.15, 0.2) is 24.3 Å². The number of benzene rings is 1. The Morgan fingerprint density at radius 2 is 1.79 bits per heavy atom. The first kappa shape index (κ1) is 20.4. The predicted molar refractivity (Wildman–Crippen MR) is 99.4 cm³/mol. The van der Waals surface area contributed by atoms with Crippen molar-refractivity contribution >= 4 is 35.1 Å². The van der Waals surface area contributed by atoms with Gasteiger partial charge < -0.3 is 10.1 Å². The van der Waals surface area contributed by atoms with Gasteiger partial charge in [-0.3, -0.25) is 34.2 Å².